The molecular formula is C28H21F9N4O4. The van der Waals surface area contributed by atoms with Crippen LogP contribution >= 0.6 is 0 Å². The Balaban J connectivity index is 1.83. The lowest BCUT2D eigenvalue weighted by Gasteiger charge is -2.39. The standard InChI is InChI=1S/C28H21F9N4O4/c1-15(17-7-11-38-12-8-17)24(16(2)18-9-13-39-14-10-18)21(42)41(23(44)40-24)20-5-3-19(4-6-20)25(27(32,33)34,28(35,36)37)45-22(43)26(29,30)31/h3-16H,1-2H3,(H,40,44). The van der Waals surface area contributed by atoms with Crippen molar-refractivity contribution in [1.29, 1.82) is 0 Å². The van der Waals surface area contributed by atoms with E-state index >= 15 is 0 Å². The number of carbonyl (C=O) groups is 3. The largest absolute Gasteiger partial charge is 0.490 e. The molecule has 0 saturated carbocycles. The number of hydrogen-bond acceptors (Lipinski definition) is 6. The summed E-state index contributed by atoms with van der Waals surface area (Å²) >= 11 is 0. The van der Waals surface area contributed by atoms with Crippen molar-refractivity contribution in [2.75, 3.05) is 4.90 Å². The maximum atomic E-state index is 14.2. The van der Waals surface area contributed by atoms with Crippen molar-refractivity contribution in [1.82, 2.24) is 15.3 Å². The summed E-state index contributed by atoms with van der Waals surface area (Å²) < 4.78 is 125. The van der Waals surface area contributed by atoms with Gasteiger partial charge in [-0.1, -0.05) is 26.0 Å². The maximum absolute atomic E-state index is 14.2. The van der Waals surface area contributed by atoms with Crippen molar-refractivity contribution < 1.29 is 58.6 Å². The molecule has 1 N–H and O–H groups in total. The van der Waals surface area contributed by atoms with Crippen LogP contribution in [0.3, 0.4) is 0 Å². The Hall–Kier alpha value is -4.70. The molecule has 8 nitrogen and oxygen atoms in total. The molecule has 3 heterocycles. The SMILES string of the molecule is CC(c1ccncc1)C1(C(C)c2ccncc2)NC(=O)N(c2ccc(C(OC(=O)C(F)(F)F)(C(F)(F)F)C(F)(F)F)cc2)C1=O. The molecule has 240 valence electrons. The third kappa shape index (κ3) is 5.55. The number of carbonyl (C=O) groups excluding carboxylic acids is 3. The molecule has 2 atom stereocenters. The molecule has 0 aliphatic carbocycles. The van der Waals surface area contributed by atoms with Gasteiger partial charge < -0.3 is 10.1 Å². The van der Waals surface area contributed by atoms with Gasteiger partial charge in [0.2, 0.25) is 0 Å². The number of nitrogens with one attached hydrogen (secondary N) is 1. The summed E-state index contributed by atoms with van der Waals surface area (Å²) in [7, 11) is 0. The number of nitrogens with zero attached hydrogens (tertiary/aromatic N) is 3. The molecule has 1 fully saturated rings. The Kier molecular flexibility index (Phi) is 8.37. The molecule has 17 heteroatoms. The number of anilines is 1. The van der Waals surface area contributed by atoms with Crippen LogP contribution in [0.4, 0.5) is 50.0 Å². The van der Waals surface area contributed by atoms with E-state index in [2.05, 4.69) is 20.0 Å². The summed E-state index contributed by atoms with van der Waals surface area (Å²) in [5.74, 6) is -6.24. The van der Waals surface area contributed by atoms with Gasteiger partial charge in [-0.05, 0) is 47.5 Å². The van der Waals surface area contributed by atoms with Gasteiger partial charge in [0.25, 0.3) is 5.91 Å². The van der Waals surface area contributed by atoms with Crippen LogP contribution in [-0.4, -0.2) is 51.9 Å². The highest BCUT2D eigenvalue weighted by atomic mass is 19.4. The van der Waals surface area contributed by atoms with E-state index in [-0.39, 0.29) is 12.1 Å². The normalized spacial score (nSPS) is 19.2. The second kappa shape index (κ2) is 11.3. The Morgan fingerprint density at radius 1 is 0.756 bits per heavy atom. The second-order valence-corrected chi connectivity index (χ2v) is 10.1. The third-order valence-corrected chi connectivity index (χ3v) is 7.66. The highest BCUT2D eigenvalue weighted by molar-refractivity contribution is 6.24. The van der Waals surface area contributed by atoms with Gasteiger partial charge in [-0.25, -0.2) is 14.5 Å². The van der Waals surface area contributed by atoms with Gasteiger partial charge in [-0.15, -0.1) is 0 Å². The predicted octanol–water partition coefficient (Wildman–Crippen LogP) is 6.30. The summed E-state index contributed by atoms with van der Waals surface area (Å²) in [6.07, 6.45) is -13.7. The number of aromatic nitrogens is 2. The van der Waals surface area contributed by atoms with Gasteiger partial charge in [0.05, 0.1) is 5.69 Å². The minimum atomic E-state index is -6.62. The van der Waals surface area contributed by atoms with Crippen molar-refractivity contribution in [3.8, 4) is 0 Å². The zero-order valence-corrected chi connectivity index (χ0v) is 23.0. The fourth-order valence-corrected chi connectivity index (χ4v) is 5.29. The van der Waals surface area contributed by atoms with Crippen molar-refractivity contribution in [3.05, 3.63) is 90.0 Å². The average Bonchev–Trinajstić information content (AvgIpc) is 3.24. The first-order valence-electron chi connectivity index (χ1n) is 12.8. The first-order valence-corrected chi connectivity index (χ1v) is 12.8. The lowest BCUT2D eigenvalue weighted by molar-refractivity contribution is -0.382. The zero-order chi connectivity index (χ0) is 33.6. The minimum absolute atomic E-state index is 0.0686. The van der Waals surface area contributed by atoms with Gasteiger partial charge in [-0.2, -0.15) is 39.5 Å². The predicted molar refractivity (Wildman–Crippen MR) is 136 cm³/mol. The van der Waals surface area contributed by atoms with Gasteiger partial charge in [0.15, 0.2) is 0 Å². The summed E-state index contributed by atoms with van der Waals surface area (Å²) in [5, 5.41) is 2.64. The fourth-order valence-electron chi connectivity index (χ4n) is 5.29. The molecule has 4 rings (SSSR count). The van der Waals surface area contributed by atoms with E-state index in [0.717, 1.165) is 0 Å². The number of ether oxygens (including phenoxy) is 1. The number of esters is 1. The molecule has 0 spiro atoms. The maximum Gasteiger partial charge on any atom is 0.490 e. The van der Waals surface area contributed by atoms with Crippen molar-refractivity contribution in [3.63, 3.8) is 0 Å². The Morgan fingerprint density at radius 2 is 1.18 bits per heavy atom. The molecule has 0 radical (unpaired) electrons. The number of benzene rings is 1. The van der Waals surface area contributed by atoms with E-state index in [9.17, 15) is 53.9 Å². The summed E-state index contributed by atoms with van der Waals surface area (Å²) in [6.45, 7) is 3.24. The monoisotopic (exact) mass is 648 g/mol. The number of urea groups is 1. The molecule has 2 aromatic heterocycles. The van der Waals surface area contributed by atoms with Crippen LogP contribution in [-0.2, 0) is 19.9 Å². The first kappa shape index (κ1) is 33.2. The number of imide groups is 1. The third-order valence-electron chi connectivity index (χ3n) is 7.66. The van der Waals surface area contributed by atoms with E-state index in [4.69, 9.17) is 0 Å². The smallest absolute Gasteiger partial charge is 0.428 e. The molecule has 45 heavy (non-hydrogen) atoms. The number of alkyl halides is 9. The number of pyridine rings is 2. The molecule has 3 aromatic rings. The van der Waals surface area contributed by atoms with Crippen LogP contribution < -0.4 is 10.2 Å². The number of halogens is 9. The molecule has 0 bridgehead atoms. The molecule has 2 unspecified atom stereocenters. The van der Waals surface area contributed by atoms with Crippen LogP contribution in [0.25, 0.3) is 0 Å². The van der Waals surface area contributed by atoms with Crippen molar-refractivity contribution in [2.45, 2.75) is 55.4 Å². The van der Waals surface area contributed by atoms with Gasteiger partial charge in [-0.3, -0.25) is 14.8 Å². The molecule has 1 aliphatic heterocycles. The van der Waals surface area contributed by atoms with Gasteiger partial charge in [0.1, 0.15) is 5.54 Å². The summed E-state index contributed by atoms with van der Waals surface area (Å²) in [4.78, 5) is 47.1. The van der Waals surface area contributed by atoms with E-state index < -0.39 is 70.7 Å². The lowest BCUT2D eigenvalue weighted by atomic mass is 9.70. The van der Waals surface area contributed by atoms with Gasteiger partial charge in [0, 0.05) is 42.2 Å². The Morgan fingerprint density at radius 3 is 1.56 bits per heavy atom. The highest BCUT2D eigenvalue weighted by Gasteiger charge is 2.76. The second-order valence-electron chi connectivity index (χ2n) is 10.1. The van der Waals surface area contributed by atoms with Crippen LogP contribution in [0.2, 0.25) is 0 Å². The Labute approximate surface area is 248 Å². The minimum Gasteiger partial charge on any atom is -0.428 e. The molecule has 1 aliphatic rings. The highest BCUT2D eigenvalue weighted by Crippen LogP contribution is 2.54. The van der Waals surface area contributed by atoms with E-state index in [1.54, 1.807) is 38.1 Å². The quantitative estimate of drug-likeness (QED) is 0.183. The fraction of sp³-hybridized carbons (Fsp3) is 0.321. The van der Waals surface area contributed by atoms with E-state index in [0.29, 0.717) is 28.2 Å². The number of hydrogen-bond donors (Lipinski definition) is 1. The summed E-state index contributed by atoms with van der Waals surface area (Å²) in [5.41, 5.74) is -8.89. The first-order chi connectivity index (χ1) is 20.8. The molecule has 1 aromatic carbocycles. The molecular weight excluding hydrogens is 627 g/mol. The van der Waals surface area contributed by atoms with Gasteiger partial charge >= 0.3 is 36.1 Å². The topological polar surface area (TPSA) is 101 Å². The van der Waals surface area contributed by atoms with E-state index in [1.165, 1.54) is 24.8 Å². The van der Waals surface area contributed by atoms with Crippen molar-refractivity contribution >= 4 is 23.6 Å². The Bertz CT molecular complexity index is 1500. The lowest BCUT2D eigenvalue weighted by Crippen LogP contribution is -2.58. The number of amides is 3. The molecule has 1 saturated heterocycles. The van der Waals surface area contributed by atoms with E-state index in [1.807, 2.05) is 0 Å². The van der Waals surface area contributed by atoms with Crippen LogP contribution in [0.15, 0.2) is 73.3 Å². The van der Waals surface area contributed by atoms with Crippen molar-refractivity contribution in [2.24, 2.45) is 0 Å². The number of rotatable bonds is 7. The van der Waals surface area contributed by atoms with Crippen LogP contribution in [0.5, 0.6) is 0 Å². The zero-order valence-electron chi connectivity index (χ0n) is 23.0. The summed E-state index contributed by atoms with van der Waals surface area (Å²) in [6, 6.07) is 6.36. The van der Waals surface area contributed by atoms with Crippen LogP contribution in [0.1, 0.15) is 42.4 Å². The molecule has 3 amide bonds. The van der Waals surface area contributed by atoms with Crippen LogP contribution in [0, 0.1) is 0 Å². The average molecular weight is 648 g/mol.